The van der Waals surface area contributed by atoms with Crippen LogP contribution in [0.3, 0.4) is 0 Å². The Morgan fingerprint density at radius 2 is 1.67 bits per heavy atom. The monoisotopic (exact) mass is 279 g/mol. The topological polar surface area (TPSA) is 55.6 Å². The molecule has 0 unspecified atom stereocenters. The number of fused-ring (bicyclic) bond motifs is 1. The molecule has 0 spiro atoms. The SMILES string of the molecule is C[Si](C)(C)Nc1ncnc2c1ncn2[Si](C)(C)C. The molecular formula is C11H21N5Si2. The second-order valence-electron chi connectivity index (χ2n) is 6.55. The van der Waals surface area contributed by atoms with Crippen LogP contribution in [0.1, 0.15) is 0 Å². The summed E-state index contributed by atoms with van der Waals surface area (Å²) in [6, 6.07) is 0. The van der Waals surface area contributed by atoms with Gasteiger partial charge in [-0.1, -0.05) is 39.3 Å². The van der Waals surface area contributed by atoms with Crippen molar-refractivity contribution in [2.45, 2.75) is 39.3 Å². The van der Waals surface area contributed by atoms with Crippen LogP contribution < -0.4 is 4.98 Å². The number of anilines is 1. The van der Waals surface area contributed by atoms with Crippen LogP contribution in [-0.4, -0.2) is 35.7 Å². The maximum Gasteiger partial charge on any atom is 0.157 e. The number of nitrogens with one attached hydrogen (secondary N) is 1. The van der Waals surface area contributed by atoms with E-state index in [0.717, 1.165) is 17.0 Å². The highest BCUT2D eigenvalue weighted by Crippen LogP contribution is 2.22. The Morgan fingerprint density at radius 1 is 1.00 bits per heavy atom. The van der Waals surface area contributed by atoms with E-state index in [4.69, 9.17) is 0 Å². The maximum absolute atomic E-state index is 4.50. The molecule has 1 N–H and O–H groups in total. The number of hydrogen-bond donors (Lipinski definition) is 1. The largest absolute Gasteiger partial charge is 0.394 e. The third kappa shape index (κ3) is 2.61. The summed E-state index contributed by atoms with van der Waals surface area (Å²) in [4.78, 5) is 16.8. The minimum Gasteiger partial charge on any atom is -0.394 e. The molecule has 18 heavy (non-hydrogen) atoms. The molecule has 0 saturated heterocycles. The number of imidazole rings is 1. The van der Waals surface area contributed by atoms with Gasteiger partial charge in [-0.25, -0.2) is 15.0 Å². The van der Waals surface area contributed by atoms with Crippen LogP contribution in [0, 0.1) is 0 Å². The van der Waals surface area contributed by atoms with E-state index in [1.807, 2.05) is 6.33 Å². The van der Waals surface area contributed by atoms with Gasteiger partial charge < -0.3 is 9.22 Å². The van der Waals surface area contributed by atoms with Gasteiger partial charge in [-0.05, 0) is 0 Å². The van der Waals surface area contributed by atoms with Crippen LogP contribution in [0.4, 0.5) is 5.82 Å². The summed E-state index contributed by atoms with van der Waals surface area (Å²) in [5.41, 5.74) is 1.84. The van der Waals surface area contributed by atoms with E-state index < -0.39 is 16.5 Å². The quantitative estimate of drug-likeness (QED) is 0.878. The first kappa shape index (κ1) is 13.2. The molecule has 0 fully saturated rings. The number of aromatic nitrogens is 4. The molecule has 2 heterocycles. The summed E-state index contributed by atoms with van der Waals surface area (Å²) in [7, 11) is -2.91. The molecule has 2 aromatic heterocycles. The van der Waals surface area contributed by atoms with Crippen LogP contribution in [0.15, 0.2) is 12.7 Å². The molecule has 0 radical (unpaired) electrons. The van der Waals surface area contributed by atoms with Crippen molar-refractivity contribution in [1.82, 2.24) is 19.2 Å². The Hall–Kier alpha value is -1.22. The third-order valence-electron chi connectivity index (χ3n) is 2.55. The lowest BCUT2D eigenvalue weighted by atomic mass is 10.5. The van der Waals surface area contributed by atoms with E-state index >= 15 is 0 Å². The zero-order chi connectivity index (χ0) is 13.6. The molecule has 0 aliphatic heterocycles. The van der Waals surface area contributed by atoms with Crippen LogP contribution in [0.25, 0.3) is 11.2 Å². The Morgan fingerprint density at radius 3 is 2.22 bits per heavy atom. The van der Waals surface area contributed by atoms with Gasteiger partial charge in [0.15, 0.2) is 13.9 Å². The molecule has 0 saturated carbocycles. The summed E-state index contributed by atoms with van der Waals surface area (Å²) in [6.07, 6.45) is 3.53. The summed E-state index contributed by atoms with van der Waals surface area (Å²) in [6.45, 7) is 13.6. The number of rotatable bonds is 3. The van der Waals surface area contributed by atoms with E-state index in [1.165, 1.54) is 0 Å². The van der Waals surface area contributed by atoms with Gasteiger partial charge in [-0.15, -0.1) is 0 Å². The first-order chi connectivity index (χ1) is 8.18. The van der Waals surface area contributed by atoms with E-state index in [-0.39, 0.29) is 0 Å². The van der Waals surface area contributed by atoms with Crippen molar-refractivity contribution in [1.29, 1.82) is 0 Å². The van der Waals surface area contributed by atoms with Gasteiger partial charge in [0, 0.05) is 0 Å². The molecule has 0 aliphatic carbocycles. The minimum absolute atomic E-state index is 0.871. The smallest absolute Gasteiger partial charge is 0.157 e. The molecule has 2 aromatic rings. The predicted octanol–water partition coefficient (Wildman–Crippen LogP) is 2.76. The van der Waals surface area contributed by atoms with Gasteiger partial charge in [0.1, 0.15) is 25.9 Å². The van der Waals surface area contributed by atoms with Gasteiger partial charge >= 0.3 is 0 Å². The molecule has 98 valence electrons. The van der Waals surface area contributed by atoms with Crippen molar-refractivity contribution >= 4 is 33.5 Å². The summed E-state index contributed by atoms with van der Waals surface area (Å²) in [5.74, 6) is 0.871. The third-order valence-corrected chi connectivity index (χ3v) is 5.31. The first-order valence-corrected chi connectivity index (χ1v) is 13.1. The maximum atomic E-state index is 4.50. The number of nitrogens with zero attached hydrogens (tertiary/aromatic N) is 4. The van der Waals surface area contributed by atoms with Crippen molar-refractivity contribution in [3.05, 3.63) is 12.7 Å². The highest BCUT2D eigenvalue weighted by atomic mass is 28.3. The van der Waals surface area contributed by atoms with Crippen LogP contribution in [0.5, 0.6) is 0 Å². The zero-order valence-electron chi connectivity index (χ0n) is 11.9. The first-order valence-electron chi connectivity index (χ1n) is 6.15. The Labute approximate surface area is 110 Å². The lowest BCUT2D eigenvalue weighted by Crippen LogP contribution is -2.33. The molecule has 0 aromatic carbocycles. The standard InChI is InChI=1S/C11H21N5Si2/c1-17(2,3)15-10-9-11(13-7-12-10)16(8-14-9)18(4,5)6/h7-8H,1-6H3,(H,12,13,15). The Balaban J connectivity index is 2.56. The van der Waals surface area contributed by atoms with Crippen molar-refractivity contribution in [3.8, 4) is 0 Å². The van der Waals surface area contributed by atoms with E-state index in [2.05, 4.69) is 63.4 Å². The molecule has 0 atom stereocenters. The zero-order valence-corrected chi connectivity index (χ0v) is 13.9. The number of hydrogen-bond acceptors (Lipinski definition) is 4. The van der Waals surface area contributed by atoms with Gasteiger partial charge in [0.2, 0.25) is 0 Å². The molecule has 0 bridgehead atoms. The second-order valence-corrected chi connectivity index (χ2v) is 16.1. The predicted molar refractivity (Wildman–Crippen MR) is 81.0 cm³/mol. The molecule has 0 amide bonds. The lowest BCUT2D eigenvalue weighted by molar-refractivity contribution is 1.11. The fourth-order valence-corrected chi connectivity index (χ4v) is 3.87. The van der Waals surface area contributed by atoms with Gasteiger partial charge in [-0.3, -0.25) is 0 Å². The molecule has 7 heteroatoms. The normalized spacial score (nSPS) is 13.0. The van der Waals surface area contributed by atoms with Gasteiger partial charge in [-0.2, -0.15) is 0 Å². The van der Waals surface area contributed by atoms with Crippen LogP contribution in [0.2, 0.25) is 39.3 Å². The second kappa shape index (κ2) is 4.16. The highest BCUT2D eigenvalue weighted by molar-refractivity contribution is 6.79. The van der Waals surface area contributed by atoms with Crippen LogP contribution in [-0.2, 0) is 0 Å². The fourth-order valence-electron chi connectivity index (χ4n) is 1.77. The molecule has 2 rings (SSSR count). The molecular weight excluding hydrogens is 258 g/mol. The highest BCUT2D eigenvalue weighted by Gasteiger charge is 2.22. The summed E-state index contributed by atoms with van der Waals surface area (Å²) in [5, 5.41) is 0. The summed E-state index contributed by atoms with van der Waals surface area (Å²) < 4.78 is 2.22. The van der Waals surface area contributed by atoms with Gasteiger partial charge in [0.25, 0.3) is 0 Å². The fraction of sp³-hybridized carbons (Fsp3) is 0.545. The van der Waals surface area contributed by atoms with E-state index in [9.17, 15) is 0 Å². The van der Waals surface area contributed by atoms with E-state index in [0.29, 0.717) is 0 Å². The summed E-state index contributed by atoms with van der Waals surface area (Å²) >= 11 is 0. The van der Waals surface area contributed by atoms with E-state index in [1.54, 1.807) is 6.33 Å². The van der Waals surface area contributed by atoms with Crippen molar-refractivity contribution in [2.75, 3.05) is 4.98 Å². The molecule has 5 nitrogen and oxygen atoms in total. The van der Waals surface area contributed by atoms with Gasteiger partial charge in [0.05, 0.1) is 6.33 Å². The lowest BCUT2D eigenvalue weighted by Gasteiger charge is -2.20. The van der Waals surface area contributed by atoms with Crippen molar-refractivity contribution in [2.24, 2.45) is 0 Å². The van der Waals surface area contributed by atoms with Crippen LogP contribution >= 0.6 is 0 Å². The van der Waals surface area contributed by atoms with Crippen molar-refractivity contribution < 1.29 is 0 Å². The minimum atomic E-state index is -1.48. The molecule has 0 aliphatic rings. The Kier molecular flexibility index (Phi) is 3.06. The average Bonchev–Trinajstić information content (AvgIpc) is 2.58. The Bertz CT molecular complexity index is 565. The van der Waals surface area contributed by atoms with Crippen molar-refractivity contribution in [3.63, 3.8) is 0 Å². The average molecular weight is 279 g/mol.